The Morgan fingerprint density at radius 2 is 1.57 bits per heavy atom. The smallest absolute Gasteiger partial charge is 0.416 e. The third-order valence-electron chi connectivity index (χ3n) is 3.46. The van der Waals surface area contributed by atoms with E-state index in [1.807, 2.05) is 0 Å². The van der Waals surface area contributed by atoms with Crippen LogP contribution < -0.4 is 10.5 Å². The van der Waals surface area contributed by atoms with Gasteiger partial charge in [-0.3, -0.25) is 0 Å². The molecule has 0 aliphatic rings. The van der Waals surface area contributed by atoms with Crippen LogP contribution in [0.15, 0.2) is 48.5 Å². The molecule has 2 rings (SSSR count). The number of alkyl halides is 3. The van der Waals surface area contributed by atoms with Gasteiger partial charge in [-0.2, -0.15) is 13.2 Å². The van der Waals surface area contributed by atoms with Gasteiger partial charge in [0, 0.05) is 5.56 Å². The van der Waals surface area contributed by atoms with Crippen LogP contribution in [0.2, 0.25) is 0 Å². The molecule has 0 spiro atoms. The van der Waals surface area contributed by atoms with Crippen molar-refractivity contribution in [2.45, 2.75) is 18.6 Å². The van der Waals surface area contributed by atoms with Crippen LogP contribution in [0.1, 0.15) is 23.6 Å². The van der Waals surface area contributed by atoms with E-state index >= 15 is 0 Å². The van der Waals surface area contributed by atoms with Gasteiger partial charge in [-0.15, -0.1) is 0 Å². The quantitative estimate of drug-likeness (QED) is 0.931. The molecule has 0 bridgehead atoms. The van der Waals surface area contributed by atoms with Crippen molar-refractivity contribution < 1.29 is 17.9 Å². The number of nitrogens with two attached hydrogens (primary N) is 1. The first-order chi connectivity index (χ1) is 9.76. The van der Waals surface area contributed by atoms with Gasteiger partial charge < -0.3 is 10.5 Å². The topological polar surface area (TPSA) is 35.2 Å². The lowest BCUT2D eigenvalue weighted by Crippen LogP contribution is -2.35. The highest BCUT2D eigenvalue weighted by molar-refractivity contribution is 5.46. The fourth-order valence-corrected chi connectivity index (χ4v) is 2.25. The normalized spacial score (nSPS) is 14.6. The first kappa shape index (κ1) is 15.4. The highest BCUT2D eigenvalue weighted by Gasteiger charge is 2.33. The monoisotopic (exact) mass is 295 g/mol. The average molecular weight is 295 g/mol. The molecule has 0 aromatic heterocycles. The van der Waals surface area contributed by atoms with Gasteiger partial charge in [0.1, 0.15) is 5.75 Å². The van der Waals surface area contributed by atoms with E-state index < -0.39 is 17.3 Å². The Labute approximate surface area is 121 Å². The number of rotatable bonds is 3. The van der Waals surface area contributed by atoms with E-state index in [9.17, 15) is 13.2 Å². The molecule has 112 valence electrons. The molecule has 0 aliphatic carbocycles. The summed E-state index contributed by atoms with van der Waals surface area (Å²) < 4.78 is 43.8. The molecule has 2 aromatic carbocycles. The molecule has 21 heavy (non-hydrogen) atoms. The summed E-state index contributed by atoms with van der Waals surface area (Å²) in [7, 11) is 1.50. The van der Waals surface area contributed by atoms with E-state index in [1.165, 1.54) is 13.2 Å². The molecular formula is C16H16F3NO. The first-order valence-corrected chi connectivity index (χ1v) is 6.37. The molecule has 0 saturated heterocycles. The van der Waals surface area contributed by atoms with E-state index in [4.69, 9.17) is 10.5 Å². The summed E-state index contributed by atoms with van der Waals surface area (Å²) in [5.74, 6) is 0.542. The van der Waals surface area contributed by atoms with Crippen molar-refractivity contribution in [2.24, 2.45) is 5.73 Å². The van der Waals surface area contributed by atoms with Gasteiger partial charge in [0.2, 0.25) is 0 Å². The maximum atomic E-state index is 12.8. The second-order valence-corrected chi connectivity index (χ2v) is 4.98. The lowest BCUT2D eigenvalue weighted by molar-refractivity contribution is -0.137. The minimum atomic E-state index is -4.40. The summed E-state index contributed by atoms with van der Waals surface area (Å²) in [5, 5.41) is 0. The van der Waals surface area contributed by atoms with Gasteiger partial charge in [-0.25, -0.2) is 0 Å². The Kier molecular flexibility index (Phi) is 3.96. The molecule has 2 aromatic rings. The summed E-state index contributed by atoms with van der Waals surface area (Å²) in [6.45, 7) is 1.67. The summed E-state index contributed by atoms with van der Waals surface area (Å²) in [6, 6.07) is 12.1. The average Bonchev–Trinajstić information content (AvgIpc) is 2.46. The number of ether oxygens (including phenoxy) is 1. The van der Waals surface area contributed by atoms with E-state index in [0.717, 1.165) is 12.1 Å². The SMILES string of the molecule is COc1ccccc1C(C)(N)c1cccc(C(F)(F)F)c1. The molecule has 2 N–H and O–H groups in total. The predicted molar refractivity (Wildman–Crippen MR) is 75.1 cm³/mol. The van der Waals surface area contributed by atoms with Gasteiger partial charge in [-0.1, -0.05) is 30.3 Å². The number of halogens is 3. The Morgan fingerprint density at radius 1 is 0.952 bits per heavy atom. The highest BCUT2D eigenvalue weighted by Crippen LogP contribution is 2.36. The number of hydrogen-bond donors (Lipinski definition) is 1. The van der Waals surface area contributed by atoms with Crippen molar-refractivity contribution in [2.75, 3.05) is 7.11 Å². The van der Waals surface area contributed by atoms with E-state index in [1.54, 1.807) is 37.3 Å². The molecule has 1 atom stereocenters. The van der Waals surface area contributed by atoms with Crippen molar-refractivity contribution >= 4 is 0 Å². The van der Waals surface area contributed by atoms with Crippen molar-refractivity contribution in [3.63, 3.8) is 0 Å². The number of benzene rings is 2. The maximum Gasteiger partial charge on any atom is 0.416 e. The predicted octanol–water partition coefficient (Wildman–Crippen LogP) is 3.94. The molecule has 0 saturated carbocycles. The Morgan fingerprint density at radius 3 is 2.19 bits per heavy atom. The molecule has 2 nitrogen and oxygen atoms in total. The zero-order valence-corrected chi connectivity index (χ0v) is 11.7. The van der Waals surface area contributed by atoms with Gasteiger partial charge in [-0.05, 0) is 30.7 Å². The summed E-state index contributed by atoms with van der Waals surface area (Å²) in [5.41, 5.74) is 5.50. The largest absolute Gasteiger partial charge is 0.496 e. The van der Waals surface area contributed by atoms with Crippen LogP contribution in [0.4, 0.5) is 13.2 Å². The Hall–Kier alpha value is -2.01. The van der Waals surface area contributed by atoms with Crippen LogP contribution >= 0.6 is 0 Å². The van der Waals surface area contributed by atoms with Crippen molar-refractivity contribution in [1.82, 2.24) is 0 Å². The molecule has 0 amide bonds. The Balaban J connectivity index is 2.54. The number of para-hydroxylation sites is 1. The lowest BCUT2D eigenvalue weighted by Gasteiger charge is -2.28. The molecule has 0 aliphatic heterocycles. The first-order valence-electron chi connectivity index (χ1n) is 6.37. The molecule has 0 heterocycles. The third-order valence-corrected chi connectivity index (χ3v) is 3.46. The van der Waals surface area contributed by atoms with Crippen LogP contribution in [0.3, 0.4) is 0 Å². The van der Waals surface area contributed by atoms with Crippen LogP contribution in [-0.4, -0.2) is 7.11 Å². The summed E-state index contributed by atoms with van der Waals surface area (Å²) in [6.07, 6.45) is -4.40. The van der Waals surface area contributed by atoms with Gasteiger partial charge in [0.15, 0.2) is 0 Å². The van der Waals surface area contributed by atoms with Gasteiger partial charge in [0.05, 0.1) is 18.2 Å². The van der Waals surface area contributed by atoms with E-state index in [0.29, 0.717) is 16.9 Å². The molecule has 0 radical (unpaired) electrons. The van der Waals surface area contributed by atoms with Crippen molar-refractivity contribution in [1.29, 1.82) is 0 Å². The minimum absolute atomic E-state index is 0.377. The summed E-state index contributed by atoms with van der Waals surface area (Å²) in [4.78, 5) is 0. The minimum Gasteiger partial charge on any atom is -0.496 e. The fraction of sp³-hybridized carbons (Fsp3) is 0.250. The molecular weight excluding hydrogens is 279 g/mol. The summed E-state index contributed by atoms with van der Waals surface area (Å²) >= 11 is 0. The Bertz CT molecular complexity index is 635. The zero-order valence-electron chi connectivity index (χ0n) is 11.7. The molecule has 0 fully saturated rings. The van der Waals surface area contributed by atoms with Crippen LogP contribution in [0.5, 0.6) is 5.75 Å². The maximum absolute atomic E-state index is 12.8. The second kappa shape index (κ2) is 5.41. The highest BCUT2D eigenvalue weighted by atomic mass is 19.4. The van der Waals surface area contributed by atoms with Gasteiger partial charge >= 0.3 is 6.18 Å². The number of hydrogen-bond acceptors (Lipinski definition) is 2. The van der Waals surface area contributed by atoms with Crippen molar-refractivity contribution in [3.8, 4) is 5.75 Å². The molecule has 1 unspecified atom stereocenters. The van der Waals surface area contributed by atoms with E-state index in [2.05, 4.69) is 0 Å². The van der Waals surface area contributed by atoms with E-state index in [-0.39, 0.29) is 0 Å². The lowest BCUT2D eigenvalue weighted by atomic mass is 9.84. The second-order valence-electron chi connectivity index (χ2n) is 4.98. The van der Waals surface area contributed by atoms with Crippen molar-refractivity contribution in [3.05, 3.63) is 65.2 Å². The fourth-order valence-electron chi connectivity index (χ4n) is 2.25. The number of methoxy groups -OCH3 is 1. The third kappa shape index (κ3) is 3.03. The van der Waals surface area contributed by atoms with Gasteiger partial charge in [0.25, 0.3) is 0 Å². The zero-order chi connectivity index (χ0) is 15.7. The van der Waals surface area contributed by atoms with Crippen LogP contribution in [0.25, 0.3) is 0 Å². The van der Waals surface area contributed by atoms with Crippen LogP contribution in [0, 0.1) is 0 Å². The molecule has 5 heteroatoms. The van der Waals surface area contributed by atoms with Crippen LogP contribution in [-0.2, 0) is 11.7 Å². The standard InChI is InChI=1S/C16H16F3NO/c1-15(20,13-8-3-4-9-14(13)21-2)11-6-5-7-12(10-11)16(17,18)19/h3-10H,20H2,1-2H3.